The monoisotopic (exact) mass is 585 g/mol. The molecular formula is C28H15N3O2Se2. The molecule has 1 aliphatic carbocycles. The average molecular weight is 583 g/mol. The van der Waals surface area contributed by atoms with Crippen molar-refractivity contribution < 1.29 is 9.59 Å². The molecule has 1 atom stereocenters. The predicted molar refractivity (Wildman–Crippen MR) is 137 cm³/mol. The van der Waals surface area contributed by atoms with Crippen LogP contribution in [0.1, 0.15) is 43.2 Å². The molecule has 0 radical (unpaired) electrons. The zero-order valence-corrected chi connectivity index (χ0v) is 21.8. The van der Waals surface area contributed by atoms with Crippen molar-refractivity contribution in [2.75, 3.05) is 4.90 Å². The molecule has 3 aliphatic rings. The molecule has 166 valence electrons. The summed E-state index contributed by atoms with van der Waals surface area (Å²) in [5.74, 6) is 0.480. The van der Waals surface area contributed by atoms with Crippen molar-refractivity contribution in [3.63, 3.8) is 0 Å². The number of nitrogens with zero attached hydrogens (tertiary/aromatic N) is 3. The van der Waals surface area contributed by atoms with Crippen molar-refractivity contribution >= 4 is 72.1 Å². The molecule has 7 heteroatoms. The van der Waals surface area contributed by atoms with Crippen LogP contribution >= 0.6 is 0 Å². The maximum absolute atomic E-state index is 13.0. The number of rotatable bonds is 1. The number of hydrogen-bond acceptors (Lipinski definition) is 4. The Labute approximate surface area is 213 Å². The Morgan fingerprint density at radius 1 is 0.971 bits per heavy atom. The first-order chi connectivity index (χ1) is 17.0. The third kappa shape index (κ3) is 2.71. The fraction of sp³-hybridized carbons (Fsp3) is 0.0714. The zero-order valence-electron chi connectivity index (χ0n) is 18.4. The molecule has 5 nitrogen and oxygen atoms in total. The van der Waals surface area contributed by atoms with Gasteiger partial charge in [0.05, 0.1) is 0 Å². The number of hydrogen-bond donors (Lipinski definition) is 0. The molecule has 0 saturated heterocycles. The Hall–Kier alpha value is -3.52. The Morgan fingerprint density at radius 3 is 2.46 bits per heavy atom. The van der Waals surface area contributed by atoms with Crippen molar-refractivity contribution in [1.29, 1.82) is 0 Å². The standard InChI is InChI=1S/C28H15N3O2Se2/c1-28(29-2)19-9-5-10-21-23(19)31(26-22(35-21)11-6-12-30-26)27-20(28)14-15(34-27)13-18-24(32)16-7-3-4-8-17(16)25(18)33/h3-14H,1H3. The summed E-state index contributed by atoms with van der Waals surface area (Å²) < 4.78 is 4.44. The first-order valence-corrected chi connectivity index (χ1v) is 14.4. The molecule has 7 rings (SSSR count). The van der Waals surface area contributed by atoms with E-state index >= 15 is 0 Å². The van der Waals surface area contributed by atoms with E-state index in [2.05, 4.69) is 27.9 Å². The van der Waals surface area contributed by atoms with E-state index in [9.17, 15) is 9.59 Å². The summed E-state index contributed by atoms with van der Waals surface area (Å²) in [7, 11) is 0. The number of para-hydroxylation sites is 1. The van der Waals surface area contributed by atoms with Crippen LogP contribution in [0, 0.1) is 6.57 Å². The van der Waals surface area contributed by atoms with Crippen LogP contribution in [0.4, 0.5) is 16.1 Å². The van der Waals surface area contributed by atoms with Gasteiger partial charge in [-0.05, 0) is 0 Å². The molecule has 0 spiro atoms. The molecular weight excluding hydrogens is 568 g/mol. The second kappa shape index (κ2) is 7.24. The van der Waals surface area contributed by atoms with Gasteiger partial charge in [0.25, 0.3) is 0 Å². The number of aromatic nitrogens is 1. The van der Waals surface area contributed by atoms with E-state index in [-0.39, 0.29) is 46.6 Å². The van der Waals surface area contributed by atoms with Gasteiger partial charge in [0, 0.05) is 0 Å². The van der Waals surface area contributed by atoms with E-state index in [0.717, 1.165) is 31.6 Å². The summed E-state index contributed by atoms with van der Waals surface area (Å²) in [5, 5.41) is 0. The normalized spacial score (nSPS) is 19.0. The summed E-state index contributed by atoms with van der Waals surface area (Å²) in [5.41, 5.74) is 3.31. The van der Waals surface area contributed by atoms with Crippen molar-refractivity contribution in [1.82, 2.24) is 4.98 Å². The topological polar surface area (TPSA) is 54.6 Å². The van der Waals surface area contributed by atoms with Crippen LogP contribution in [0.25, 0.3) is 10.9 Å². The molecule has 1 unspecified atom stereocenters. The fourth-order valence-electron chi connectivity index (χ4n) is 5.08. The van der Waals surface area contributed by atoms with E-state index in [1.165, 1.54) is 8.92 Å². The summed E-state index contributed by atoms with van der Waals surface area (Å²) in [6, 6.07) is 19.4. The second-order valence-corrected chi connectivity index (χ2v) is 13.2. The van der Waals surface area contributed by atoms with Gasteiger partial charge in [0.1, 0.15) is 0 Å². The Balaban J connectivity index is 1.46. The molecule has 0 N–H and O–H groups in total. The van der Waals surface area contributed by atoms with Crippen molar-refractivity contribution in [3.05, 3.63) is 111 Å². The van der Waals surface area contributed by atoms with E-state index in [1.807, 2.05) is 31.3 Å². The summed E-state index contributed by atoms with van der Waals surface area (Å²) in [4.78, 5) is 37.2. The molecule has 2 aromatic carbocycles. The van der Waals surface area contributed by atoms with Gasteiger partial charge >= 0.3 is 215 Å². The van der Waals surface area contributed by atoms with Crippen molar-refractivity contribution in [3.8, 4) is 0 Å². The van der Waals surface area contributed by atoms with Gasteiger partial charge in [-0.2, -0.15) is 0 Å². The Kier molecular flexibility index (Phi) is 4.31. The van der Waals surface area contributed by atoms with Gasteiger partial charge < -0.3 is 0 Å². The molecule has 4 aromatic rings. The number of fused-ring (bicyclic) bond motifs is 5. The van der Waals surface area contributed by atoms with Crippen molar-refractivity contribution in [2.24, 2.45) is 0 Å². The van der Waals surface area contributed by atoms with E-state index < -0.39 is 5.54 Å². The first kappa shape index (κ1) is 20.8. The number of ketones is 2. The molecule has 4 heterocycles. The molecule has 2 aromatic heterocycles. The van der Waals surface area contributed by atoms with Crippen LogP contribution in [0.5, 0.6) is 0 Å². The first-order valence-electron chi connectivity index (χ1n) is 11.0. The van der Waals surface area contributed by atoms with Gasteiger partial charge in [-0.3, -0.25) is 0 Å². The minimum atomic E-state index is -0.839. The molecule has 0 saturated carbocycles. The molecule has 0 bridgehead atoms. The van der Waals surface area contributed by atoms with Crippen LogP contribution < -0.4 is 13.8 Å². The van der Waals surface area contributed by atoms with Crippen LogP contribution in [0.3, 0.4) is 0 Å². The second-order valence-electron chi connectivity index (χ2n) is 8.73. The third-order valence-corrected chi connectivity index (χ3v) is 11.3. The van der Waals surface area contributed by atoms with E-state index in [0.29, 0.717) is 11.1 Å². The molecule has 0 amide bonds. The fourth-order valence-corrected chi connectivity index (χ4v) is 9.85. The van der Waals surface area contributed by atoms with Gasteiger partial charge in [-0.15, -0.1) is 0 Å². The number of pyridine rings is 1. The minimum absolute atomic E-state index is 0.102. The number of carbonyl (C=O) groups is 2. The SMILES string of the molecule is [C-]#[N+]C1(C)c2cc(C=C3C(=O)c4ccccc4C3=O)[se]c2N2c3ncccc3[Se]c3cccc1c32. The van der Waals surface area contributed by atoms with Gasteiger partial charge in [-0.1, -0.05) is 0 Å². The quantitative estimate of drug-likeness (QED) is 0.131. The number of Topliss-reactive ketones (excluding diaryl/α,β-unsaturated/α-hetero) is 2. The summed E-state index contributed by atoms with van der Waals surface area (Å²) in [6.45, 7) is 10.2. The van der Waals surface area contributed by atoms with Crippen LogP contribution in [0.2, 0.25) is 0 Å². The predicted octanol–water partition coefficient (Wildman–Crippen LogP) is 3.54. The maximum atomic E-state index is 13.0. The number of benzene rings is 2. The van der Waals surface area contributed by atoms with Gasteiger partial charge in [0.2, 0.25) is 0 Å². The van der Waals surface area contributed by atoms with Gasteiger partial charge in [0.15, 0.2) is 0 Å². The summed E-state index contributed by atoms with van der Waals surface area (Å²) >= 11 is -0.0989. The number of anilines is 3. The third-order valence-electron chi connectivity index (χ3n) is 6.80. The summed E-state index contributed by atoms with van der Waals surface area (Å²) in [6.07, 6.45) is 3.57. The number of carbonyl (C=O) groups excluding carboxylic acids is 2. The van der Waals surface area contributed by atoms with E-state index in [4.69, 9.17) is 11.6 Å². The molecule has 35 heavy (non-hydrogen) atoms. The van der Waals surface area contributed by atoms with E-state index in [1.54, 1.807) is 30.3 Å². The van der Waals surface area contributed by atoms with Gasteiger partial charge in [-0.25, -0.2) is 0 Å². The van der Waals surface area contributed by atoms with Crippen molar-refractivity contribution in [2.45, 2.75) is 12.5 Å². The average Bonchev–Trinajstić information content (AvgIpc) is 3.42. The molecule has 0 fully saturated rings. The van der Waals surface area contributed by atoms with Crippen LogP contribution in [-0.4, -0.2) is 46.0 Å². The van der Waals surface area contributed by atoms with Crippen LogP contribution in [0.15, 0.2) is 72.4 Å². The zero-order chi connectivity index (χ0) is 23.9. The molecule has 2 aliphatic heterocycles. The number of allylic oxidation sites excluding steroid dienone is 1. The Morgan fingerprint density at radius 2 is 1.71 bits per heavy atom. The van der Waals surface area contributed by atoms with Crippen LogP contribution in [-0.2, 0) is 5.54 Å². The Bertz CT molecular complexity index is 1670.